The molecule has 3 heterocycles. The van der Waals surface area contributed by atoms with Crippen molar-refractivity contribution in [1.29, 1.82) is 0 Å². The Labute approximate surface area is 130 Å². The highest BCUT2D eigenvalue weighted by Gasteiger charge is 2.19. The number of hydrogen-bond donors (Lipinski definition) is 0. The van der Waals surface area contributed by atoms with E-state index in [1.165, 1.54) is 38.8 Å². The van der Waals surface area contributed by atoms with Gasteiger partial charge in [0.05, 0.1) is 16.5 Å². The highest BCUT2D eigenvalue weighted by atomic mass is 14.9. The molecule has 22 heavy (non-hydrogen) atoms. The van der Waals surface area contributed by atoms with Gasteiger partial charge in [0.2, 0.25) is 5.69 Å². The largest absolute Gasteiger partial charge is 0.316 e. The van der Waals surface area contributed by atoms with Crippen LogP contribution in [0.1, 0.15) is 11.1 Å². The van der Waals surface area contributed by atoms with Crippen molar-refractivity contribution in [2.24, 2.45) is 7.05 Å². The topological polar surface area (TPSA) is 8.29 Å². The zero-order valence-corrected chi connectivity index (χ0v) is 13.2. The van der Waals surface area contributed by atoms with Gasteiger partial charge in [-0.2, -0.15) is 0 Å². The first-order valence-corrected chi connectivity index (χ1v) is 7.61. The minimum atomic E-state index is 1.23. The molecule has 0 saturated carbocycles. The second kappa shape index (κ2) is 4.70. The first-order chi connectivity index (χ1) is 10.6. The number of aryl methyl sites for hydroxylation is 3. The van der Waals surface area contributed by atoms with Gasteiger partial charge in [0.1, 0.15) is 7.05 Å². The molecule has 1 aromatic carbocycles. The second-order valence-corrected chi connectivity index (χ2v) is 6.03. The van der Waals surface area contributed by atoms with Crippen molar-refractivity contribution in [3.8, 4) is 11.3 Å². The molecule has 0 radical (unpaired) electrons. The summed E-state index contributed by atoms with van der Waals surface area (Å²) in [6.45, 7) is 4.34. The van der Waals surface area contributed by atoms with E-state index >= 15 is 0 Å². The average molecular weight is 287 g/mol. The summed E-state index contributed by atoms with van der Waals surface area (Å²) in [5.41, 5.74) is 7.68. The molecule has 0 unspecified atom stereocenters. The summed E-state index contributed by atoms with van der Waals surface area (Å²) >= 11 is 0. The van der Waals surface area contributed by atoms with Crippen molar-refractivity contribution in [3.63, 3.8) is 0 Å². The molecule has 3 aromatic heterocycles. The molecule has 0 N–H and O–H groups in total. The maximum absolute atomic E-state index is 2.28. The lowest BCUT2D eigenvalue weighted by Crippen LogP contribution is -2.30. The highest BCUT2D eigenvalue weighted by Crippen LogP contribution is 2.30. The van der Waals surface area contributed by atoms with Gasteiger partial charge in [0.25, 0.3) is 0 Å². The van der Waals surface area contributed by atoms with Gasteiger partial charge in [0.15, 0.2) is 6.20 Å². The third-order valence-electron chi connectivity index (χ3n) is 4.43. The molecule has 4 rings (SSSR count). The molecule has 0 fully saturated rings. The molecule has 0 bridgehead atoms. The average Bonchev–Trinajstić information content (AvgIpc) is 2.88. The van der Waals surface area contributed by atoms with Crippen molar-refractivity contribution in [1.82, 2.24) is 4.40 Å². The molecule has 2 heteroatoms. The normalized spacial score (nSPS) is 11.4. The van der Waals surface area contributed by atoms with Gasteiger partial charge >= 0.3 is 0 Å². The van der Waals surface area contributed by atoms with E-state index in [4.69, 9.17) is 0 Å². The van der Waals surface area contributed by atoms with Crippen LogP contribution < -0.4 is 4.57 Å². The second-order valence-electron chi connectivity index (χ2n) is 6.03. The van der Waals surface area contributed by atoms with E-state index in [9.17, 15) is 0 Å². The molecule has 0 aliphatic carbocycles. The number of hydrogen-bond acceptors (Lipinski definition) is 0. The van der Waals surface area contributed by atoms with Crippen molar-refractivity contribution in [3.05, 3.63) is 72.1 Å². The van der Waals surface area contributed by atoms with E-state index in [1.54, 1.807) is 0 Å². The molecule has 108 valence electrons. The summed E-state index contributed by atoms with van der Waals surface area (Å²) in [4.78, 5) is 0. The van der Waals surface area contributed by atoms with Gasteiger partial charge in [-0.25, -0.2) is 4.57 Å². The van der Waals surface area contributed by atoms with Crippen molar-refractivity contribution < 1.29 is 4.57 Å². The minimum Gasteiger partial charge on any atom is -0.316 e. The van der Waals surface area contributed by atoms with Crippen LogP contribution in [0, 0.1) is 13.8 Å². The number of fused-ring (bicyclic) bond motifs is 3. The van der Waals surface area contributed by atoms with E-state index in [1.807, 2.05) is 0 Å². The van der Waals surface area contributed by atoms with Crippen LogP contribution in [0.15, 0.2) is 60.9 Å². The van der Waals surface area contributed by atoms with Gasteiger partial charge < -0.3 is 4.40 Å². The third-order valence-corrected chi connectivity index (χ3v) is 4.43. The van der Waals surface area contributed by atoms with E-state index in [0.29, 0.717) is 0 Å². The van der Waals surface area contributed by atoms with Crippen LogP contribution >= 0.6 is 0 Å². The van der Waals surface area contributed by atoms with Crippen LogP contribution in [0.3, 0.4) is 0 Å². The number of benzene rings is 1. The summed E-state index contributed by atoms with van der Waals surface area (Å²) in [7, 11) is 2.12. The summed E-state index contributed by atoms with van der Waals surface area (Å²) in [5, 5.41) is 1.30. The minimum absolute atomic E-state index is 1.23. The molecule has 4 aromatic rings. The van der Waals surface area contributed by atoms with Crippen LogP contribution in [0.2, 0.25) is 0 Å². The lowest BCUT2D eigenvalue weighted by Gasteiger charge is -2.07. The lowest BCUT2D eigenvalue weighted by atomic mass is 10.00. The molecular formula is C20H19N2+. The fraction of sp³-hybridized carbons (Fsp3) is 0.150. The standard InChI is InChI=1S/C20H19N2/c1-14-7-8-15(2)17(12-14)20-18-13-16-6-4-5-10-22(16)19(18)9-11-21(20)3/h4-13H,1-3H3/q+1. The summed E-state index contributed by atoms with van der Waals surface area (Å²) in [6, 6.07) is 17.5. The predicted molar refractivity (Wildman–Crippen MR) is 91.0 cm³/mol. The molecule has 0 aliphatic heterocycles. The zero-order valence-electron chi connectivity index (χ0n) is 13.2. The quantitative estimate of drug-likeness (QED) is 0.464. The Balaban J connectivity index is 2.17. The molecule has 2 nitrogen and oxygen atoms in total. The highest BCUT2D eigenvalue weighted by molar-refractivity contribution is 5.96. The van der Waals surface area contributed by atoms with Crippen molar-refractivity contribution in [2.45, 2.75) is 13.8 Å². The Hall–Kier alpha value is -2.61. The summed E-state index contributed by atoms with van der Waals surface area (Å²) < 4.78 is 4.48. The molecule has 0 spiro atoms. The Morgan fingerprint density at radius 2 is 1.82 bits per heavy atom. The van der Waals surface area contributed by atoms with Crippen LogP contribution in [0.5, 0.6) is 0 Å². The molecule has 0 atom stereocenters. The van der Waals surface area contributed by atoms with E-state index in [2.05, 4.69) is 90.8 Å². The first kappa shape index (κ1) is 13.1. The van der Waals surface area contributed by atoms with Crippen LogP contribution in [-0.4, -0.2) is 4.40 Å². The zero-order chi connectivity index (χ0) is 15.3. The molecule has 0 aliphatic rings. The smallest absolute Gasteiger partial charge is 0.222 e. The van der Waals surface area contributed by atoms with Gasteiger partial charge in [-0.3, -0.25) is 0 Å². The monoisotopic (exact) mass is 287 g/mol. The van der Waals surface area contributed by atoms with Crippen LogP contribution in [-0.2, 0) is 7.05 Å². The van der Waals surface area contributed by atoms with Crippen molar-refractivity contribution in [2.75, 3.05) is 0 Å². The fourth-order valence-corrected chi connectivity index (χ4v) is 3.28. The first-order valence-electron chi connectivity index (χ1n) is 7.61. The van der Waals surface area contributed by atoms with Crippen LogP contribution in [0.4, 0.5) is 0 Å². The lowest BCUT2D eigenvalue weighted by molar-refractivity contribution is -0.659. The number of nitrogens with zero attached hydrogens (tertiary/aromatic N) is 2. The Bertz CT molecular complexity index is 1010. The summed E-state index contributed by atoms with van der Waals surface area (Å²) in [5.74, 6) is 0. The van der Waals surface area contributed by atoms with Gasteiger partial charge in [0, 0.05) is 17.8 Å². The molecular weight excluding hydrogens is 268 g/mol. The van der Waals surface area contributed by atoms with E-state index < -0.39 is 0 Å². The molecule has 0 saturated heterocycles. The maximum atomic E-state index is 2.28. The summed E-state index contributed by atoms with van der Waals surface area (Å²) in [6.07, 6.45) is 4.28. The van der Waals surface area contributed by atoms with Crippen molar-refractivity contribution >= 4 is 16.4 Å². The van der Waals surface area contributed by atoms with Crippen LogP contribution in [0.25, 0.3) is 27.7 Å². The SMILES string of the molecule is Cc1ccc(C)c(-c2c3cc4ccccn4c3cc[n+]2C)c1. The maximum Gasteiger partial charge on any atom is 0.222 e. The number of rotatable bonds is 1. The number of aromatic nitrogens is 2. The Morgan fingerprint density at radius 3 is 2.68 bits per heavy atom. The van der Waals surface area contributed by atoms with E-state index in [-0.39, 0.29) is 0 Å². The Morgan fingerprint density at radius 1 is 0.955 bits per heavy atom. The van der Waals surface area contributed by atoms with Gasteiger partial charge in [-0.15, -0.1) is 0 Å². The number of pyridine rings is 2. The third kappa shape index (κ3) is 1.84. The fourth-order valence-electron chi connectivity index (χ4n) is 3.28. The van der Waals surface area contributed by atoms with E-state index in [0.717, 1.165) is 0 Å². The predicted octanol–water partition coefficient (Wildman–Crippen LogP) is 4.20. The van der Waals surface area contributed by atoms with Gasteiger partial charge in [-0.1, -0.05) is 23.8 Å². The van der Waals surface area contributed by atoms with Gasteiger partial charge in [-0.05, 0) is 43.7 Å². The molecule has 0 amide bonds. The Kier molecular flexibility index (Phi) is 2.80.